The number of fused-ring (bicyclic) bond motifs is 10. The number of rotatable bonds is 23. The van der Waals surface area contributed by atoms with E-state index in [1.807, 2.05) is 111 Å². The Bertz CT molecular complexity index is 3290. The van der Waals surface area contributed by atoms with Gasteiger partial charge >= 0.3 is 35.8 Å². The van der Waals surface area contributed by atoms with Gasteiger partial charge in [-0.3, -0.25) is 28.8 Å². The van der Waals surface area contributed by atoms with Crippen molar-refractivity contribution in [1.82, 2.24) is 0 Å². The third kappa shape index (κ3) is 22.5. The molecule has 13 heteroatoms. The van der Waals surface area contributed by atoms with E-state index < -0.39 is 11.7 Å². The molecule has 15 saturated carbocycles. The van der Waals surface area contributed by atoms with Gasteiger partial charge in [0.1, 0.15) is 28.0 Å². The first-order valence-electron chi connectivity index (χ1n) is 50.3. The lowest BCUT2D eigenvalue weighted by Gasteiger charge is -2.56. The standard InChI is InChI=1S/C21H36O2.C20H36O2.C19H30O2.C18H30O3.C15H28O2.C13H24O2/c1-8-18(3,4)17(22)23-20(7)11-12-21-13-16(20)19(5,6)15(21)10-9-14(21)2;1-5-19(2,3)18(21)22-20(4,16-12-8-6-9-13-16)17-14-10-7-11-15-17;1-5-18(2,3)17(20)21-19(4)10-13-9-14(19)16-12-7-6-11(8-12)15(13)16;1-5-17(3,4)16(19)20-12(2)21-18-9-13-6-14(10-18)8-15(7-13)11-18;1-6-14(2,3)13(16)17-15(4,5)12-10-8-7-9-11-12;1-5-12(2,3)11(14)15-13(4)9-7-6-8-10-13/h14-16H,8-13H2,1-7H3;16-17H,5-15H2,1-4H3;11-16H,5-10H2,1-4H3;12-15H,5-11H2,1-4H3;12H,6-11H2,1-5H3;5-10H2,1-4H3. The molecule has 15 fully saturated rings. The molecule has 0 aromatic rings. The highest BCUT2D eigenvalue weighted by molar-refractivity contribution is 5.78. The predicted octanol–water partition coefficient (Wildman–Crippen LogP) is 28.2. The van der Waals surface area contributed by atoms with Gasteiger partial charge in [0.05, 0.1) is 38.1 Å². The summed E-state index contributed by atoms with van der Waals surface area (Å²) in [5, 5.41) is 0. The van der Waals surface area contributed by atoms with E-state index >= 15 is 0 Å². The summed E-state index contributed by atoms with van der Waals surface area (Å²) in [7, 11) is 0. The summed E-state index contributed by atoms with van der Waals surface area (Å²) in [6.07, 6.45) is 50.4. The highest BCUT2D eigenvalue weighted by Crippen LogP contribution is 2.74. The summed E-state index contributed by atoms with van der Waals surface area (Å²) >= 11 is 0. The van der Waals surface area contributed by atoms with E-state index in [1.165, 1.54) is 205 Å². The number of hydrogen-bond donors (Lipinski definition) is 0. The van der Waals surface area contributed by atoms with Crippen LogP contribution in [-0.4, -0.2) is 75.7 Å². The molecule has 1 spiro atoms. The van der Waals surface area contributed by atoms with E-state index in [2.05, 4.69) is 83.1 Å². The second kappa shape index (κ2) is 38.8. The van der Waals surface area contributed by atoms with E-state index in [4.69, 9.17) is 33.2 Å². The largest absolute Gasteiger partial charge is 0.459 e. The molecule has 0 aliphatic heterocycles. The molecular formula is C106H184O13. The Morgan fingerprint density at radius 1 is 0.361 bits per heavy atom. The van der Waals surface area contributed by atoms with Gasteiger partial charge in [-0.1, -0.05) is 127 Å². The van der Waals surface area contributed by atoms with Crippen molar-refractivity contribution >= 4 is 35.8 Å². The molecule has 13 atom stereocenters. The van der Waals surface area contributed by atoms with Crippen molar-refractivity contribution in [1.29, 1.82) is 0 Å². The maximum Gasteiger partial charge on any atom is 0.313 e. The number of ether oxygens (including phenoxy) is 7. The van der Waals surface area contributed by atoms with E-state index in [1.54, 1.807) is 0 Å². The van der Waals surface area contributed by atoms with Crippen LogP contribution in [0, 0.1) is 132 Å². The summed E-state index contributed by atoms with van der Waals surface area (Å²) in [5.41, 5.74) is -2.52. The summed E-state index contributed by atoms with van der Waals surface area (Å²) < 4.78 is 42.1. The summed E-state index contributed by atoms with van der Waals surface area (Å²) in [6.45, 7) is 58.4. The van der Waals surface area contributed by atoms with Gasteiger partial charge in [-0.25, -0.2) is 0 Å². The van der Waals surface area contributed by atoms with Crippen LogP contribution in [-0.2, 0) is 61.9 Å². The molecule has 119 heavy (non-hydrogen) atoms. The minimum atomic E-state index is -0.418. The maximum absolute atomic E-state index is 12.8. The second-order valence-corrected chi connectivity index (χ2v) is 48.6. The Kier molecular flexibility index (Phi) is 32.4. The van der Waals surface area contributed by atoms with Crippen molar-refractivity contribution in [2.45, 2.75) is 503 Å². The number of esters is 6. The van der Waals surface area contributed by atoms with Crippen molar-refractivity contribution in [2.75, 3.05) is 0 Å². The van der Waals surface area contributed by atoms with E-state index in [0.717, 1.165) is 123 Å². The zero-order valence-corrected chi connectivity index (χ0v) is 82.2. The van der Waals surface area contributed by atoms with Crippen LogP contribution < -0.4 is 0 Å². The lowest BCUT2D eigenvalue weighted by atomic mass is 9.54. The molecule has 15 aliphatic carbocycles. The SMILES string of the molecule is CCC(C)(C)C(=O)OC(C)(C)C1CCCCC1.CCC(C)(C)C(=O)OC(C)(C1CCCCC1)C1CCCCC1.CCC(C)(C)C(=O)OC(C)OC12CC3CC(CC(C3)C1)C2.CCC(C)(C)C(=O)OC1(C)CC2CC1C1C3CCC(C3)C21.CCC(C)(C)C(=O)OC1(C)CCC23CC1C(C)(C)C2CCC3C.CCC(C)(C)C(=O)OC1(C)CCCCC1. The molecule has 0 aromatic heterocycles. The van der Waals surface area contributed by atoms with E-state index in [9.17, 15) is 28.8 Å². The normalized spacial score (nSPS) is 34.1. The highest BCUT2D eigenvalue weighted by Gasteiger charge is 2.70. The number of carbonyl (C=O) groups is 6. The van der Waals surface area contributed by atoms with Gasteiger partial charge in [0.25, 0.3) is 0 Å². The van der Waals surface area contributed by atoms with E-state index in [0.29, 0.717) is 35.0 Å². The van der Waals surface area contributed by atoms with Gasteiger partial charge in [-0.15, -0.1) is 0 Å². The monoisotopic (exact) mass is 1670 g/mol. The molecule has 0 radical (unpaired) electrons. The molecule has 15 rings (SSSR count). The van der Waals surface area contributed by atoms with Gasteiger partial charge < -0.3 is 33.2 Å². The topological polar surface area (TPSA) is 167 Å². The van der Waals surface area contributed by atoms with Crippen LogP contribution in [0.15, 0.2) is 0 Å². The zero-order chi connectivity index (χ0) is 88.3. The zero-order valence-electron chi connectivity index (χ0n) is 82.2. The molecule has 0 saturated heterocycles. The first-order valence-corrected chi connectivity index (χ1v) is 50.3. The Balaban J connectivity index is 0.000000164. The highest BCUT2D eigenvalue weighted by atomic mass is 16.7. The van der Waals surface area contributed by atoms with Crippen LogP contribution in [0.25, 0.3) is 0 Å². The molecular weight excluding hydrogens is 1480 g/mol. The third-order valence-electron chi connectivity index (χ3n) is 37.1. The fourth-order valence-electron chi connectivity index (χ4n) is 26.6. The van der Waals surface area contributed by atoms with E-state index in [-0.39, 0.29) is 102 Å². The van der Waals surface area contributed by atoms with Gasteiger partial charge in [0.2, 0.25) is 6.29 Å². The molecule has 0 heterocycles. The minimum absolute atomic E-state index is 0.000595. The van der Waals surface area contributed by atoms with Crippen molar-refractivity contribution in [3.05, 3.63) is 0 Å². The Morgan fingerprint density at radius 3 is 1.21 bits per heavy atom. The maximum atomic E-state index is 12.8. The van der Waals surface area contributed by atoms with Crippen LogP contribution in [0.4, 0.5) is 0 Å². The molecule has 686 valence electrons. The lowest BCUT2D eigenvalue weighted by molar-refractivity contribution is -0.248. The second-order valence-electron chi connectivity index (χ2n) is 48.6. The van der Waals surface area contributed by atoms with Gasteiger partial charge in [-0.2, -0.15) is 0 Å². The van der Waals surface area contributed by atoms with Crippen LogP contribution in [0.2, 0.25) is 0 Å². The fourth-order valence-corrected chi connectivity index (χ4v) is 26.6. The van der Waals surface area contributed by atoms with Crippen molar-refractivity contribution in [3.63, 3.8) is 0 Å². The Labute approximate surface area is 729 Å². The Hall–Kier alpha value is -3.22. The van der Waals surface area contributed by atoms with Gasteiger partial charge in [-0.05, 0) is 425 Å². The average Bonchev–Trinajstić information content (AvgIpc) is 1.54. The van der Waals surface area contributed by atoms with Crippen LogP contribution in [0.5, 0.6) is 0 Å². The first-order chi connectivity index (χ1) is 55.3. The molecule has 0 N–H and O–H groups in total. The van der Waals surface area contributed by atoms with Crippen molar-refractivity contribution < 1.29 is 61.9 Å². The van der Waals surface area contributed by atoms with Gasteiger partial charge in [0, 0.05) is 11.8 Å². The van der Waals surface area contributed by atoms with Crippen molar-refractivity contribution in [2.24, 2.45) is 132 Å². The minimum Gasteiger partial charge on any atom is -0.459 e. The summed E-state index contributed by atoms with van der Waals surface area (Å²) in [5.74, 6) is 11.6. The fraction of sp³-hybridized carbons (Fsp3) is 0.943. The lowest BCUT2D eigenvalue weighted by Crippen LogP contribution is -2.53. The van der Waals surface area contributed by atoms with Crippen molar-refractivity contribution in [3.8, 4) is 0 Å². The molecule has 0 aromatic carbocycles. The van der Waals surface area contributed by atoms with Crippen LogP contribution in [0.3, 0.4) is 0 Å². The molecule has 15 aliphatic rings. The Morgan fingerprint density at radius 2 is 0.756 bits per heavy atom. The first kappa shape index (κ1) is 99.6. The number of hydrogen-bond acceptors (Lipinski definition) is 13. The summed E-state index contributed by atoms with van der Waals surface area (Å²) in [4.78, 5) is 74.3. The molecule has 13 unspecified atom stereocenters. The van der Waals surface area contributed by atoms with Gasteiger partial charge in [0.15, 0.2) is 0 Å². The van der Waals surface area contributed by atoms with Crippen LogP contribution >= 0.6 is 0 Å². The smallest absolute Gasteiger partial charge is 0.313 e. The van der Waals surface area contributed by atoms with Crippen LogP contribution in [0.1, 0.15) is 464 Å². The molecule has 10 bridgehead atoms. The molecule has 0 amide bonds. The molecule has 13 nitrogen and oxygen atoms in total. The average molecular weight is 1670 g/mol. The number of carbonyl (C=O) groups excluding carboxylic acids is 6. The predicted molar refractivity (Wildman–Crippen MR) is 482 cm³/mol. The third-order valence-corrected chi connectivity index (χ3v) is 37.1. The summed E-state index contributed by atoms with van der Waals surface area (Å²) in [6, 6.07) is 0. The quantitative estimate of drug-likeness (QED) is 0.0411.